The fourth-order valence-electron chi connectivity index (χ4n) is 2.05. The van der Waals surface area contributed by atoms with Crippen LogP contribution in [0.25, 0.3) is 0 Å². The van der Waals surface area contributed by atoms with Crippen LogP contribution in [0.1, 0.15) is 22.4 Å². The molecule has 4 heteroatoms. The highest BCUT2D eigenvalue weighted by molar-refractivity contribution is 7.80. The van der Waals surface area contributed by atoms with Crippen molar-refractivity contribution in [2.24, 2.45) is 0 Å². The third kappa shape index (κ3) is 3.78. The van der Waals surface area contributed by atoms with Crippen molar-refractivity contribution in [1.29, 1.82) is 0 Å². The van der Waals surface area contributed by atoms with Crippen molar-refractivity contribution in [3.05, 3.63) is 52.7 Å². The summed E-state index contributed by atoms with van der Waals surface area (Å²) in [6.07, 6.45) is 0. The Kier molecular flexibility index (Phi) is 4.35. The van der Waals surface area contributed by atoms with Crippen LogP contribution >= 0.6 is 12.2 Å². The largest absolute Gasteiger partial charge is 0.332 e. The molecule has 0 aliphatic rings. The Bertz CT molecular complexity index is 630. The zero-order valence-corrected chi connectivity index (χ0v) is 13.1. The standard InChI is InChI=1S/C16H19N3S/c1-10-5-6-12(3)14(8-10)18-16(20)19-15-9-11(2)7-13(4)17-15/h5-9H,1-4H3,(H2,17,18,19,20). The molecule has 0 saturated heterocycles. The smallest absolute Gasteiger partial charge is 0.176 e. The van der Waals surface area contributed by atoms with E-state index in [1.165, 1.54) is 5.56 Å². The molecule has 104 valence electrons. The van der Waals surface area contributed by atoms with Gasteiger partial charge in [0.05, 0.1) is 0 Å². The predicted molar refractivity (Wildman–Crippen MR) is 89.5 cm³/mol. The Labute approximate surface area is 125 Å². The summed E-state index contributed by atoms with van der Waals surface area (Å²) >= 11 is 5.35. The number of aryl methyl sites for hydroxylation is 4. The molecule has 0 spiro atoms. The highest BCUT2D eigenvalue weighted by Gasteiger charge is 2.04. The molecule has 0 radical (unpaired) electrons. The number of thiocarbonyl (C=S) groups is 1. The van der Waals surface area contributed by atoms with Gasteiger partial charge in [0.1, 0.15) is 5.82 Å². The van der Waals surface area contributed by atoms with Crippen LogP contribution in [-0.2, 0) is 0 Å². The van der Waals surface area contributed by atoms with Gasteiger partial charge in [-0.3, -0.25) is 0 Å². The molecule has 1 heterocycles. The summed E-state index contributed by atoms with van der Waals surface area (Å²) in [6.45, 7) is 8.13. The second kappa shape index (κ2) is 6.01. The van der Waals surface area contributed by atoms with Gasteiger partial charge in [-0.15, -0.1) is 0 Å². The normalized spacial score (nSPS) is 10.2. The van der Waals surface area contributed by atoms with Gasteiger partial charge in [0.15, 0.2) is 5.11 Å². The van der Waals surface area contributed by atoms with Crippen molar-refractivity contribution in [2.45, 2.75) is 27.7 Å². The topological polar surface area (TPSA) is 37.0 Å². The lowest BCUT2D eigenvalue weighted by Gasteiger charge is -2.13. The van der Waals surface area contributed by atoms with Gasteiger partial charge in [-0.25, -0.2) is 4.98 Å². The Hall–Kier alpha value is -1.94. The quantitative estimate of drug-likeness (QED) is 0.814. The summed E-state index contributed by atoms with van der Waals surface area (Å²) in [7, 11) is 0. The SMILES string of the molecule is Cc1cc(C)nc(NC(=S)Nc2cc(C)ccc2C)c1. The van der Waals surface area contributed by atoms with Gasteiger partial charge in [0, 0.05) is 11.4 Å². The van der Waals surface area contributed by atoms with Crippen LogP contribution in [0.15, 0.2) is 30.3 Å². The minimum Gasteiger partial charge on any atom is -0.332 e. The van der Waals surface area contributed by atoms with E-state index in [4.69, 9.17) is 12.2 Å². The van der Waals surface area contributed by atoms with E-state index in [9.17, 15) is 0 Å². The summed E-state index contributed by atoms with van der Waals surface area (Å²) in [6, 6.07) is 10.3. The number of nitrogens with zero attached hydrogens (tertiary/aromatic N) is 1. The van der Waals surface area contributed by atoms with E-state index in [2.05, 4.69) is 47.7 Å². The van der Waals surface area contributed by atoms with Crippen molar-refractivity contribution in [1.82, 2.24) is 4.98 Å². The summed E-state index contributed by atoms with van der Waals surface area (Å²) in [5.74, 6) is 0.769. The molecule has 3 nitrogen and oxygen atoms in total. The number of hydrogen-bond donors (Lipinski definition) is 2. The fraction of sp³-hybridized carbons (Fsp3) is 0.250. The Morgan fingerprint density at radius 3 is 2.40 bits per heavy atom. The first-order valence-corrected chi connectivity index (χ1v) is 6.95. The van der Waals surface area contributed by atoms with Crippen molar-refractivity contribution in [3.8, 4) is 0 Å². The third-order valence-electron chi connectivity index (χ3n) is 2.98. The highest BCUT2D eigenvalue weighted by atomic mass is 32.1. The molecule has 0 atom stereocenters. The number of nitrogens with one attached hydrogen (secondary N) is 2. The van der Waals surface area contributed by atoms with Gasteiger partial charge in [0.2, 0.25) is 0 Å². The molecule has 0 fully saturated rings. The lowest BCUT2D eigenvalue weighted by Crippen LogP contribution is -2.20. The van der Waals surface area contributed by atoms with E-state index >= 15 is 0 Å². The second-order valence-corrected chi connectivity index (χ2v) is 5.48. The lowest BCUT2D eigenvalue weighted by molar-refractivity contribution is 1.18. The van der Waals surface area contributed by atoms with Crippen molar-refractivity contribution < 1.29 is 0 Å². The van der Waals surface area contributed by atoms with Crippen LogP contribution in [0, 0.1) is 27.7 Å². The molecular weight excluding hydrogens is 266 g/mol. The van der Waals surface area contributed by atoms with Crippen LogP contribution in [0.3, 0.4) is 0 Å². The van der Waals surface area contributed by atoms with E-state index in [0.717, 1.165) is 28.3 Å². The third-order valence-corrected chi connectivity index (χ3v) is 3.18. The zero-order valence-electron chi connectivity index (χ0n) is 12.2. The molecule has 0 aliphatic heterocycles. The van der Waals surface area contributed by atoms with Gasteiger partial charge >= 0.3 is 0 Å². The number of hydrogen-bond acceptors (Lipinski definition) is 2. The van der Waals surface area contributed by atoms with E-state index in [1.54, 1.807) is 0 Å². The maximum absolute atomic E-state index is 5.35. The van der Waals surface area contributed by atoms with Crippen molar-refractivity contribution >= 4 is 28.8 Å². The molecule has 0 unspecified atom stereocenters. The van der Waals surface area contributed by atoms with Crippen LogP contribution in [0.2, 0.25) is 0 Å². The van der Waals surface area contributed by atoms with E-state index < -0.39 is 0 Å². The average Bonchev–Trinajstić information content (AvgIpc) is 2.32. The monoisotopic (exact) mass is 285 g/mol. The number of pyridine rings is 1. The molecule has 0 saturated carbocycles. The van der Waals surface area contributed by atoms with Crippen LogP contribution < -0.4 is 10.6 Å². The summed E-state index contributed by atoms with van der Waals surface area (Å²) in [4.78, 5) is 4.42. The highest BCUT2D eigenvalue weighted by Crippen LogP contribution is 2.17. The number of rotatable bonds is 2. The Balaban J connectivity index is 2.11. The van der Waals surface area contributed by atoms with Gasteiger partial charge in [-0.1, -0.05) is 12.1 Å². The molecule has 0 aliphatic carbocycles. The summed E-state index contributed by atoms with van der Waals surface area (Å²) < 4.78 is 0. The predicted octanol–water partition coefficient (Wildman–Crippen LogP) is 4.12. The maximum atomic E-state index is 5.35. The first-order chi connectivity index (χ1) is 9.44. The van der Waals surface area contributed by atoms with Crippen molar-refractivity contribution in [3.63, 3.8) is 0 Å². The lowest BCUT2D eigenvalue weighted by atomic mass is 10.1. The van der Waals surface area contributed by atoms with Crippen LogP contribution in [0.5, 0.6) is 0 Å². The van der Waals surface area contributed by atoms with E-state index in [-0.39, 0.29) is 0 Å². The molecule has 1 aromatic heterocycles. The first-order valence-electron chi connectivity index (χ1n) is 6.54. The minimum atomic E-state index is 0.552. The van der Waals surface area contributed by atoms with Gasteiger partial charge in [-0.2, -0.15) is 0 Å². The number of anilines is 2. The molecule has 0 bridgehead atoms. The van der Waals surface area contributed by atoms with Gasteiger partial charge < -0.3 is 10.6 Å². The van der Waals surface area contributed by atoms with Crippen molar-refractivity contribution in [2.75, 3.05) is 10.6 Å². The van der Waals surface area contributed by atoms with E-state index in [1.807, 2.05) is 26.0 Å². The van der Waals surface area contributed by atoms with Gasteiger partial charge in [0.25, 0.3) is 0 Å². The first kappa shape index (κ1) is 14.5. The zero-order chi connectivity index (χ0) is 14.7. The maximum Gasteiger partial charge on any atom is 0.176 e. The molecule has 0 amide bonds. The number of benzene rings is 1. The summed E-state index contributed by atoms with van der Waals surface area (Å²) in [5, 5.41) is 6.90. The van der Waals surface area contributed by atoms with Crippen LogP contribution in [-0.4, -0.2) is 10.1 Å². The van der Waals surface area contributed by atoms with E-state index in [0.29, 0.717) is 5.11 Å². The minimum absolute atomic E-state index is 0.552. The molecule has 20 heavy (non-hydrogen) atoms. The molecule has 2 aromatic rings. The van der Waals surface area contributed by atoms with Gasteiger partial charge in [-0.05, 0) is 74.8 Å². The molecular formula is C16H19N3S. The molecule has 1 aromatic carbocycles. The Morgan fingerprint density at radius 1 is 0.950 bits per heavy atom. The number of aromatic nitrogens is 1. The Morgan fingerprint density at radius 2 is 1.70 bits per heavy atom. The fourth-order valence-corrected chi connectivity index (χ4v) is 2.26. The summed E-state index contributed by atoms with van der Waals surface area (Å²) in [5.41, 5.74) is 5.52. The van der Waals surface area contributed by atoms with Crippen LogP contribution in [0.4, 0.5) is 11.5 Å². The average molecular weight is 285 g/mol. The second-order valence-electron chi connectivity index (χ2n) is 5.07. The molecule has 2 rings (SSSR count). The molecule has 2 N–H and O–H groups in total.